The van der Waals surface area contributed by atoms with Crippen molar-refractivity contribution in [2.45, 2.75) is 29.9 Å². The first-order valence-corrected chi connectivity index (χ1v) is 10.2. The Morgan fingerprint density at radius 1 is 1.25 bits per heavy atom. The predicted molar refractivity (Wildman–Crippen MR) is 102 cm³/mol. The van der Waals surface area contributed by atoms with Crippen molar-refractivity contribution in [3.8, 4) is 5.75 Å². The van der Waals surface area contributed by atoms with Crippen LogP contribution in [0.3, 0.4) is 0 Å². The molecule has 7 nitrogen and oxygen atoms in total. The average molecular weight is 429 g/mol. The number of anilines is 1. The van der Waals surface area contributed by atoms with Crippen LogP contribution < -0.4 is 14.8 Å². The van der Waals surface area contributed by atoms with E-state index in [4.69, 9.17) is 16.3 Å². The third-order valence-electron chi connectivity index (χ3n) is 4.34. The molecule has 28 heavy (non-hydrogen) atoms. The minimum atomic E-state index is -3.90. The van der Waals surface area contributed by atoms with Crippen LogP contribution in [0.4, 0.5) is 10.1 Å². The monoisotopic (exact) mass is 428 g/mol. The van der Waals surface area contributed by atoms with E-state index in [2.05, 4.69) is 10.0 Å². The largest absolute Gasteiger partial charge is 0.496 e. The van der Waals surface area contributed by atoms with Crippen molar-refractivity contribution in [2.24, 2.45) is 0 Å². The quantitative estimate of drug-likeness (QED) is 0.655. The Balaban J connectivity index is 1.87. The van der Waals surface area contributed by atoms with Crippen LogP contribution in [-0.2, 0) is 10.0 Å². The van der Waals surface area contributed by atoms with Gasteiger partial charge < -0.3 is 15.2 Å². The summed E-state index contributed by atoms with van der Waals surface area (Å²) < 4.78 is 46.6. The summed E-state index contributed by atoms with van der Waals surface area (Å²) in [5.74, 6) is -1.34. The molecule has 0 spiro atoms. The Bertz CT molecular complexity index is 1010. The number of hydrogen-bond donors (Lipinski definition) is 3. The van der Waals surface area contributed by atoms with Gasteiger partial charge in [0, 0.05) is 11.1 Å². The van der Waals surface area contributed by atoms with Crippen molar-refractivity contribution in [2.75, 3.05) is 12.4 Å². The number of halogens is 2. The van der Waals surface area contributed by atoms with Gasteiger partial charge in [0.2, 0.25) is 10.0 Å². The van der Waals surface area contributed by atoms with Gasteiger partial charge in [-0.25, -0.2) is 17.5 Å². The number of methoxy groups -OCH3 is 1. The summed E-state index contributed by atoms with van der Waals surface area (Å²) in [5, 5.41) is 11.9. The molecule has 3 rings (SSSR count). The van der Waals surface area contributed by atoms with Gasteiger partial charge in [-0.05, 0) is 49.2 Å². The van der Waals surface area contributed by atoms with E-state index in [1.165, 1.54) is 31.4 Å². The van der Waals surface area contributed by atoms with E-state index in [-0.39, 0.29) is 33.0 Å². The van der Waals surface area contributed by atoms with Gasteiger partial charge in [0.25, 0.3) is 5.91 Å². The van der Waals surface area contributed by atoms with E-state index < -0.39 is 27.9 Å². The van der Waals surface area contributed by atoms with Crippen molar-refractivity contribution in [3.63, 3.8) is 0 Å². The van der Waals surface area contributed by atoms with Gasteiger partial charge in [0.05, 0.1) is 29.4 Å². The van der Waals surface area contributed by atoms with Crippen LogP contribution in [-0.4, -0.2) is 38.7 Å². The predicted octanol–water partition coefficient (Wildman–Crippen LogP) is 2.54. The Morgan fingerprint density at radius 2 is 1.96 bits per heavy atom. The van der Waals surface area contributed by atoms with Crippen molar-refractivity contribution in [1.29, 1.82) is 0 Å². The SMILES string of the molecule is COc1ccc(S(=O)(=O)N[C@H]2C[C@H](O)C2)cc1C(=O)Nc1ccc(Cl)cc1F. The molecule has 0 bridgehead atoms. The van der Waals surface area contributed by atoms with E-state index in [1.54, 1.807) is 0 Å². The van der Waals surface area contributed by atoms with Crippen LogP contribution in [0.2, 0.25) is 5.02 Å². The summed E-state index contributed by atoms with van der Waals surface area (Å²) in [7, 11) is -2.57. The smallest absolute Gasteiger partial charge is 0.259 e. The lowest BCUT2D eigenvalue weighted by molar-refractivity contribution is 0.0712. The number of amides is 1. The molecule has 0 radical (unpaired) electrons. The van der Waals surface area contributed by atoms with Crippen LogP contribution in [0.15, 0.2) is 41.3 Å². The molecular formula is C18H18ClFN2O5S. The second-order valence-electron chi connectivity index (χ2n) is 6.38. The zero-order chi connectivity index (χ0) is 20.5. The maximum absolute atomic E-state index is 13.9. The summed E-state index contributed by atoms with van der Waals surface area (Å²) in [4.78, 5) is 12.5. The zero-order valence-electron chi connectivity index (χ0n) is 14.8. The van der Waals surface area contributed by atoms with Gasteiger partial charge in [-0.2, -0.15) is 0 Å². The van der Waals surface area contributed by atoms with E-state index >= 15 is 0 Å². The van der Waals surface area contributed by atoms with E-state index in [1.807, 2.05) is 0 Å². The van der Waals surface area contributed by atoms with Gasteiger partial charge in [0.15, 0.2) is 0 Å². The molecule has 0 heterocycles. The molecule has 1 fully saturated rings. The summed E-state index contributed by atoms with van der Waals surface area (Å²) in [6.07, 6.45) is 0.149. The van der Waals surface area contributed by atoms with E-state index in [9.17, 15) is 22.7 Å². The summed E-state index contributed by atoms with van der Waals surface area (Å²) in [6, 6.07) is 7.20. The maximum atomic E-state index is 13.9. The van der Waals surface area contributed by atoms with Crippen molar-refractivity contribution < 1.29 is 27.4 Å². The second-order valence-corrected chi connectivity index (χ2v) is 8.53. The lowest BCUT2D eigenvalue weighted by Gasteiger charge is -2.31. The number of sulfonamides is 1. The third kappa shape index (κ3) is 4.44. The van der Waals surface area contributed by atoms with Gasteiger partial charge in [0.1, 0.15) is 11.6 Å². The molecule has 0 aliphatic heterocycles. The van der Waals surface area contributed by atoms with Gasteiger partial charge in [-0.1, -0.05) is 11.6 Å². The lowest BCUT2D eigenvalue weighted by Crippen LogP contribution is -2.46. The highest BCUT2D eigenvalue weighted by molar-refractivity contribution is 7.89. The molecule has 1 amide bonds. The Kier molecular flexibility index (Phi) is 5.90. The number of aliphatic hydroxyl groups is 1. The van der Waals surface area contributed by atoms with Crippen molar-refractivity contribution in [1.82, 2.24) is 4.72 Å². The van der Waals surface area contributed by atoms with E-state index in [0.29, 0.717) is 12.8 Å². The van der Waals surface area contributed by atoms with Crippen molar-refractivity contribution in [3.05, 3.63) is 52.8 Å². The standard InChI is InChI=1S/C18H18ClFN2O5S/c1-27-17-5-3-13(28(25,26)22-11-7-12(23)8-11)9-14(17)18(24)21-16-4-2-10(19)6-15(16)20/h2-6,9,11-12,22-23H,7-8H2,1H3,(H,21,24)/t11-,12-. The number of carbonyl (C=O) groups excluding carboxylic acids is 1. The molecule has 10 heteroatoms. The highest BCUT2D eigenvalue weighted by Crippen LogP contribution is 2.27. The Labute approximate surface area is 166 Å². The Hall–Kier alpha value is -2.20. The van der Waals surface area contributed by atoms with Gasteiger partial charge >= 0.3 is 0 Å². The van der Waals surface area contributed by atoms with Gasteiger partial charge in [-0.3, -0.25) is 4.79 Å². The first kappa shape index (κ1) is 20.5. The highest BCUT2D eigenvalue weighted by Gasteiger charge is 2.31. The molecule has 0 saturated heterocycles. The lowest BCUT2D eigenvalue weighted by atomic mass is 9.91. The fraction of sp³-hybridized carbons (Fsp3) is 0.278. The summed E-state index contributed by atoms with van der Waals surface area (Å²) >= 11 is 5.69. The number of ether oxygens (including phenoxy) is 1. The van der Waals surface area contributed by atoms with Crippen LogP contribution in [0, 0.1) is 5.82 Å². The van der Waals surface area contributed by atoms with Crippen LogP contribution in [0.5, 0.6) is 5.75 Å². The number of aliphatic hydroxyl groups excluding tert-OH is 1. The third-order valence-corrected chi connectivity index (χ3v) is 6.09. The summed E-state index contributed by atoms with van der Waals surface area (Å²) in [6.45, 7) is 0. The topological polar surface area (TPSA) is 105 Å². The molecule has 1 aliphatic carbocycles. The molecule has 0 unspecified atom stereocenters. The summed E-state index contributed by atoms with van der Waals surface area (Å²) in [5.41, 5.74) is -0.181. The first-order chi connectivity index (χ1) is 13.2. The molecule has 1 saturated carbocycles. The number of nitrogens with one attached hydrogen (secondary N) is 2. The number of carbonyl (C=O) groups is 1. The minimum absolute atomic E-state index is 0.0756. The molecule has 150 valence electrons. The maximum Gasteiger partial charge on any atom is 0.259 e. The van der Waals surface area contributed by atoms with Crippen molar-refractivity contribution >= 4 is 33.2 Å². The molecule has 2 aromatic rings. The van der Waals surface area contributed by atoms with E-state index in [0.717, 1.165) is 12.1 Å². The van der Waals surface area contributed by atoms with Crippen LogP contribution in [0.1, 0.15) is 23.2 Å². The first-order valence-electron chi connectivity index (χ1n) is 8.34. The molecule has 0 aromatic heterocycles. The van der Waals surface area contributed by atoms with Gasteiger partial charge in [-0.15, -0.1) is 0 Å². The number of rotatable bonds is 6. The normalized spacial score (nSPS) is 19.0. The number of benzene rings is 2. The minimum Gasteiger partial charge on any atom is -0.496 e. The number of hydrogen-bond acceptors (Lipinski definition) is 5. The zero-order valence-corrected chi connectivity index (χ0v) is 16.3. The Morgan fingerprint density at radius 3 is 2.57 bits per heavy atom. The fourth-order valence-electron chi connectivity index (χ4n) is 2.78. The molecule has 2 aromatic carbocycles. The second kappa shape index (κ2) is 8.04. The molecule has 3 N–H and O–H groups in total. The molecular weight excluding hydrogens is 411 g/mol. The highest BCUT2D eigenvalue weighted by atomic mass is 35.5. The fourth-order valence-corrected chi connectivity index (χ4v) is 4.23. The van der Waals surface area contributed by atoms with Crippen LogP contribution >= 0.6 is 11.6 Å². The molecule has 0 atom stereocenters. The molecule has 1 aliphatic rings. The average Bonchev–Trinajstić information content (AvgIpc) is 2.62. The van der Waals surface area contributed by atoms with Crippen LogP contribution in [0.25, 0.3) is 0 Å².